The highest BCUT2D eigenvalue weighted by atomic mass is 16.5. The van der Waals surface area contributed by atoms with Crippen LogP contribution in [0.15, 0.2) is 18.2 Å². The lowest BCUT2D eigenvalue weighted by molar-refractivity contribution is -0.141. The Kier molecular flexibility index (Phi) is 7.75. The van der Waals surface area contributed by atoms with Crippen molar-refractivity contribution in [2.24, 2.45) is 5.92 Å². The molecule has 1 unspecified atom stereocenters. The van der Waals surface area contributed by atoms with Crippen molar-refractivity contribution in [1.82, 2.24) is 4.90 Å². The number of ether oxygens (including phenoxy) is 1. The summed E-state index contributed by atoms with van der Waals surface area (Å²) in [5, 5.41) is 9.13. The van der Waals surface area contributed by atoms with E-state index in [2.05, 4.69) is 0 Å². The molecule has 0 aliphatic rings. The first-order chi connectivity index (χ1) is 10.9. The van der Waals surface area contributed by atoms with Gasteiger partial charge in [-0.05, 0) is 38.8 Å². The third kappa shape index (κ3) is 6.02. The summed E-state index contributed by atoms with van der Waals surface area (Å²) in [6.45, 7) is 9.27. The molecular weight excluding hydrogens is 294 g/mol. The van der Waals surface area contributed by atoms with E-state index in [9.17, 15) is 9.59 Å². The van der Waals surface area contributed by atoms with E-state index in [1.54, 1.807) is 11.8 Å². The topological polar surface area (TPSA) is 66.8 Å². The van der Waals surface area contributed by atoms with E-state index in [0.717, 1.165) is 11.1 Å². The standard InChI is InChI=1S/C18H27NO4/c1-5-23-10-6-9-19(12-15(4)18(21)22)17(20)16-11-13(2)7-8-14(16)3/h7-8,11,15H,5-6,9-10,12H2,1-4H3,(H,21,22). The first kappa shape index (κ1) is 19.2. The lowest BCUT2D eigenvalue weighted by Gasteiger charge is -2.25. The summed E-state index contributed by atoms with van der Waals surface area (Å²) in [5.41, 5.74) is 2.55. The summed E-state index contributed by atoms with van der Waals surface area (Å²) in [7, 11) is 0. The summed E-state index contributed by atoms with van der Waals surface area (Å²) < 4.78 is 5.31. The number of aryl methyl sites for hydroxylation is 2. The van der Waals surface area contributed by atoms with Crippen LogP contribution in [0, 0.1) is 19.8 Å². The zero-order chi connectivity index (χ0) is 17.4. The lowest BCUT2D eigenvalue weighted by atomic mass is 10.0. The predicted octanol–water partition coefficient (Wildman–Crippen LogP) is 2.89. The zero-order valence-electron chi connectivity index (χ0n) is 14.5. The largest absolute Gasteiger partial charge is 0.481 e. The Bertz CT molecular complexity index is 542. The quantitative estimate of drug-likeness (QED) is 0.710. The average molecular weight is 321 g/mol. The van der Waals surface area contributed by atoms with Gasteiger partial charge >= 0.3 is 5.97 Å². The van der Waals surface area contributed by atoms with Gasteiger partial charge in [0, 0.05) is 31.9 Å². The second-order valence-corrected chi connectivity index (χ2v) is 5.86. The van der Waals surface area contributed by atoms with Crippen molar-refractivity contribution in [3.05, 3.63) is 34.9 Å². The number of aliphatic carboxylic acids is 1. The number of carboxylic acids is 1. The Morgan fingerprint density at radius 1 is 1.30 bits per heavy atom. The van der Waals surface area contributed by atoms with Gasteiger partial charge in [0.05, 0.1) is 5.92 Å². The Morgan fingerprint density at radius 3 is 2.61 bits per heavy atom. The minimum Gasteiger partial charge on any atom is -0.481 e. The minimum absolute atomic E-state index is 0.115. The van der Waals surface area contributed by atoms with Crippen LogP contribution >= 0.6 is 0 Å². The Morgan fingerprint density at radius 2 is 2.00 bits per heavy atom. The average Bonchev–Trinajstić information content (AvgIpc) is 2.51. The number of carbonyl (C=O) groups is 2. The van der Waals surface area contributed by atoms with Crippen molar-refractivity contribution >= 4 is 11.9 Å². The molecule has 0 aliphatic carbocycles. The molecule has 1 N–H and O–H groups in total. The number of hydrogen-bond acceptors (Lipinski definition) is 3. The van der Waals surface area contributed by atoms with Crippen LogP contribution in [0.5, 0.6) is 0 Å². The molecule has 0 saturated carbocycles. The SMILES string of the molecule is CCOCCCN(CC(C)C(=O)O)C(=O)c1cc(C)ccc1C. The van der Waals surface area contributed by atoms with E-state index in [1.165, 1.54) is 0 Å². The van der Waals surface area contributed by atoms with Crippen LogP contribution in [0.2, 0.25) is 0 Å². The number of amides is 1. The summed E-state index contributed by atoms with van der Waals surface area (Å²) in [4.78, 5) is 25.6. The van der Waals surface area contributed by atoms with Crippen LogP contribution in [0.4, 0.5) is 0 Å². The van der Waals surface area contributed by atoms with Crippen LogP contribution < -0.4 is 0 Å². The molecule has 0 fully saturated rings. The van der Waals surface area contributed by atoms with Gasteiger partial charge in [-0.2, -0.15) is 0 Å². The molecule has 23 heavy (non-hydrogen) atoms. The Labute approximate surface area is 138 Å². The van der Waals surface area contributed by atoms with Gasteiger partial charge in [-0.25, -0.2) is 0 Å². The van der Waals surface area contributed by atoms with Crippen molar-refractivity contribution in [1.29, 1.82) is 0 Å². The van der Waals surface area contributed by atoms with E-state index in [1.807, 2.05) is 39.0 Å². The van der Waals surface area contributed by atoms with Gasteiger partial charge in [-0.1, -0.05) is 24.6 Å². The lowest BCUT2D eigenvalue weighted by Crippen LogP contribution is -2.38. The van der Waals surface area contributed by atoms with E-state index < -0.39 is 11.9 Å². The van der Waals surface area contributed by atoms with Crippen molar-refractivity contribution in [3.8, 4) is 0 Å². The van der Waals surface area contributed by atoms with Gasteiger partial charge in [0.15, 0.2) is 0 Å². The molecule has 128 valence electrons. The van der Waals surface area contributed by atoms with Gasteiger partial charge in [-0.15, -0.1) is 0 Å². The molecule has 0 spiro atoms. The third-order valence-corrected chi connectivity index (χ3v) is 3.75. The number of hydrogen-bond donors (Lipinski definition) is 1. The second-order valence-electron chi connectivity index (χ2n) is 5.86. The number of carboxylic acid groups (broad SMARTS) is 1. The molecule has 0 radical (unpaired) electrons. The van der Waals surface area contributed by atoms with E-state index in [4.69, 9.17) is 9.84 Å². The second kappa shape index (κ2) is 9.30. The summed E-state index contributed by atoms with van der Waals surface area (Å²) in [5.74, 6) is -1.61. The van der Waals surface area contributed by atoms with Crippen LogP contribution in [0.25, 0.3) is 0 Å². The maximum atomic E-state index is 12.8. The summed E-state index contributed by atoms with van der Waals surface area (Å²) >= 11 is 0. The van der Waals surface area contributed by atoms with E-state index in [-0.39, 0.29) is 12.5 Å². The molecule has 0 aromatic heterocycles. The number of carbonyl (C=O) groups excluding carboxylic acids is 1. The predicted molar refractivity (Wildman–Crippen MR) is 89.7 cm³/mol. The number of rotatable bonds is 9. The van der Waals surface area contributed by atoms with Crippen LogP contribution in [0.3, 0.4) is 0 Å². The van der Waals surface area contributed by atoms with E-state index in [0.29, 0.717) is 31.7 Å². The molecular formula is C18H27NO4. The van der Waals surface area contributed by atoms with Crippen LogP contribution in [-0.2, 0) is 9.53 Å². The first-order valence-corrected chi connectivity index (χ1v) is 8.03. The highest BCUT2D eigenvalue weighted by Gasteiger charge is 2.22. The van der Waals surface area contributed by atoms with Crippen molar-refractivity contribution in [2.45, 2.75) is 34.1 Å². The highest BCUT2D eigenvalue weighted by molar-refractivity contribution is 5.96. The molecule has 1 rings (SSSR count). The molecule has 5 nitrogen and oxygen atoms in total. The molecule has 0 saturated heterocycles. The van der Waals surface area contributed by atoms with Crippen molar-refractivity contribution in [3.63, 3.8) is 0 Å². The van der Waals surface area contributed by atoms with E-state index >= 15 is 0 Å². The third-order valence-electron chi connectivity index (χ3n) is 3.75. The molecule has 1 aromatic carbocycles. The molecule has 0 heterocycles. The zero-order valence-corrected chi connectivity index (χ0v) is 14.5. The van der Waals surface area contributed by atoms with Crippen LogP contribution in [-0.4, -0.2) is 48.2 Å². The minimum atomic E-state index is -0.895. The Balaban J connectivity index is 2.89. The molecule has 1 aromatic rings. The first-order valence-electron chi connectivity index (χ1n) is 8.03. The number of nitrogens with zero attached hydrogens (tertiary/aromatic N) is 1. The molecule has 5 heteroatoms. The van der Waals surface area contributed by atoms with Gasteiger partial charge in [0.2, 0.25) is 0 Å². The molecule has 0 bridgehead atoms. The maximum absolute atomic E-state index is 12.8. The number of benzene rings is 1. The maximum Gasteiger partial charge on any atom is 0.308 e. The van der Waals surface area contributed by atoms with Gasteiger partial charge in [-0.3, -0.25) is 9.59 Å². The van der Waals surface area contributed by atoms with Gasteiger partial charge < -0.3 is 14.7 Å². The van der Waals surface area contributed by atoms with Crippen molar-refractivity contribution < 1.29 is 19.4 Å². The molecule has 0 aliphatic heterocycles. The molecule has 1 atom stereocenters. The smallest absolute Gasteiger partial charge is 0.308 e. The van der Waals surface area contributed by atoms with Gasteiger partial charge in [0.25, 0.3) is 5.91 Å². The Hall–Kier alpha value is -1.88. The molecule has 1 amide bonds. The van der Waals surface area contributed by atoms with Gasteiger partial charge in [0.1, 0.15) is 0 Å². The summed E-state index contributed by atoms with van der Waals surface area (Å²) in [6, 6.07) is 5.74. The van der Waals surface area contributed by atoms with Crippen LogP contribution in [0.1, 0.15) is 41.8 Å². The fraction of sp³-hybridized carbons (Fsp3) is 0.556. The van der Waals surface area contributed by atoms with Crippen molar-refractivity contribution in [2.75, 3.05) is 26.3 Å². The summed E-state index contributed by atoms with van der Waals surface area (Å²) in [6.07, 6.45) is 0.691. The normalized spacial score (nSPS) is 12.0. The highest BCUT2D eigenvalue weighted by Crippen LogP contribution is 2.15. The monoisotopic (exact) mass is 321 g/mol. The fourth-order valence-corrected chi connectivity index (χ4v) is 2.32. The fourth-order valence-electron chi connectivity index (χ4n) is 2.32.